The molecule has 0 amide bonds. The number of hydrogen-bond acceptors (Lipinski definition) is 4. The van der Waals surface area contributed by atoms with Crippen LogP contribution in [0, 0.1) is 0 Å². The van der Waals surface area contributed by atoms with E-state index in [1.165, 1.54) is 0 Å². The Balaban J connectivity index is 1.89. The highest BCUT2D eigenvalue weighted by Crippen LogP contribution is 2.13. The molecular formula is C14H20N4O2S. The van der Waals surface area contributed by atoms with Crippen LogP contribution in [0.4, 0.5) is 5.69 Å². The second-order valence-electron chi connectivity index (χ2n) is 4.65. The van der Waals surface area contributed by atoms with Gasteiger partial charge in [-0.3, -0.25) is 0 Å². The number of rotatable bonds is 8. The fourth-order valence-electron chi connectivity index (χ4n) is 1.82. The molecule has 0 bridgehead atoms. The van der Waals surface area contributed by atoms with Gasteiger partial charge in [0.25, 0.3) is 0 Å². The van der Waals surface area contributed by atoms with Crippen molar-refractivity contribution in [2.45, 2.75) is 24.8 Å². The molecule has 0 saturated heterocycles. The highest BCUT2D eigenvalue weighted by Gasteiger charge is 2.12. The summed E-state index contributed by atoms with van der Waals surface area (Å²) in [5, 5.41) is 3.24. The maximum Gasteiger partial charge on any atom is 0.240 e. The van der Waals surface area contributed by atoms with Gasteiger partial charge in [-0.1, -0.05) is 6.92 Å². The van der Waals surface area contributed by atoms with Gasteiger partial charge in [0, 0.05) is 37.7 Å². The van der Waals surface area contributed by atoms with Crippen LogP contribution in [0.3, 0.4) is 0 Å². The first-order valence-corrected chi connectivity index (χ1v) is 8.39. The zero-order valence-corrected chi connectivity index (χ0v) is 12.8. The van der Waals surface area contributed by atoms with Crippen molar-refractivity contribution in [1.29, 1.82) is 0 Å². The summed E-state index contributed by atoms with van der Waals surface area (Å²) in [5.74, 6) is 0. The lowest BCUT2D eigenvalue weighted by molar-refractivity contribution is 0.581. The minimum atomic E-state index is -3.39. The van der Waals surface area contributed by atoms with Crippen molar-refractivity contribution >= 4 is 15.7 Å². The van der Waals surface area contributed by atoms with Gasteiger partial charge in [-0.15, -0.1) is 0 Å². The molecule has 0 aliphatic carbocycles. The number of hydrogen-bond donors (Lipinski definition) is 2. The van der Waals surface area contributed by atoms with E-state index in [0.29, 0.717) is 6.54 Å². The second-order valence-corrected chi connectivity index (χ2v) is 6.42. The van der Waals surface area contributed by atoms with E-state index in [1.807, 2.05) is 17.7 Å². The lowest BCUT2D eigenvalue weighted by Crippen LogP contribution is -2.24. The van der Waals surface area contributed by atoms with Gasteiger partial charge < -0.3 is 9.88 Å². The molecule has 1 aromatic carbocycles. The van der Waals surface area contributed by atoms with E-state index in [2.05, 4.69) is 15.0 Å². The van der Waals surface area contributed by atoms with Crippen LogP contribution in [0.1, 0.15) is 13.3 Å². The zero-order chi connectivity index (χ0) is 15.1. The molecule has 0 aliphatic rings. The lowest BCUT2D eigenvalue weighted by atomic mass is 10.3. The standard InChI is InChI=1S/C14H20N4O2S/c1-2-7-17-21(19,20)14-5-3-13(4-6-14)16-9-11-18-10-8-15-12-18/h3-6,8,10,12,16-17H,2,7,9,11H2,1H3. The van der Waals surface area contributed by atoms with Crippen LogP contribution < -0.4 is 10.0 Å². The second kappa shape index (κ2) is 7.24. The van der Waals surface area contributed by atoms with E-state index in [-0.39, 0.29) is 4.90 Å². The molecule has 1 aromatic heterocycles. The molecule has 2 rings (SSSR count). The third kappa shape index (κ3) is 4.57. The Hall–Kier alpha value is -1.86. The SMILES string of the molecule is CCCNS(=O)(=O)c1ccc(NCCn2ccnc2)cc1. The Labute approximate surface area is 125 Å². The van der Waals surface area contributed by atoms with Gasteiger partial charge in [0.1, 0.15) is 0 Å². The number of nitrogens with one attached hydrogen (secondary N) is 2. The predicted octanol–water partition coefficient (Wildman–Crippen LogP) is 1.68. The molecule has 114 valence electrons. The van der Waals surface area contributed by atoms with Gasteiger partial charge in [0.2, 0.25) is 10.0 Å². The zero-order valence-electron chi connectivity index (χ0n) is 12.0. The fourth-order valence-corrected chi connectivity index (χ4v) is 2.95. The summed E-state index contributed by atoms with van der Waals surface area (Å²) in [5.41, 5.74) is 0.893. The van der Waals surface area contributed by atoms with Crippen LogP contribution in [-0.4, -0.2) is 31.1 Å². The van der Waals surface area contributed by atoms with Gasteiger partial charge in [-0.25, -0.2) is 18.1 Å². The summed E-state index contributed by atoms with van der Waals surface area (Å²) in [6.07, 6.45) is 6.17. The van der Waals surface area contributed by atoms with Gasteiger partial charge in [-0.2, -0.15) is 0 Å². The lowest BCUT2D eigenvalue weighted by Gasteiger charge is -2.09. The Morgan fingerprint density at radius 3 is 2.57 bits per heavy atom. The summed E-state index contributed by atoms with van der Waals surface area (Å²) in [4.78, 5) is 4.26. The average Bonchev–Trinajstić information content (AvgIpc) is 2.99. The van der Waals surface area contributed by atoms with Crippen LogP contribution >= 0.6 is 0 Å². The number of benzene rings is 1. The topological polar surface area (TPSA) is 76.0 Å². The van der Waals surface area contributed by atoms with Crippen molar-refractivity contribution in [2.24, 2.45) is 0 Å². The molecule has 2 aromatic rings. The predicted molar refractivity (Wildman–Crippen MR) is 82.6 cm³/mol. The van der Waals surface area contributed by atoms with Crippen molar-refractivity contribution in [3.63, 3.8) is 0 Å². The highest BCUT2D eigenvalue weighted by atomic mass is 32.2. The molecule has 0 fully saturated rings. The third-order valence-corrected chi connectivity index (χ3v) is 4.44. The molecule has 0 aliphatic heterocycles. The largest absolute Gasteiger partial charge is 0.383 e. The Morgan fingerprint density at radius 2 is 1.95 bits per heavy atom. The number of aromatic nitrogens is 2. The summed E-state index contributed by atoms with van der Waals surface area (Å²) in [6, 6.07) is 6.76. The number of imidazole rings is 1. The molecule has 6 nitrogen and oxygen atoms in total. The summed E-state index contributed by atoms with van der Waals surface area (Å²) >= 11 is 0. The molecule has 2 N–H and O–H groups in total. The van der Waals surface area contributed by atoms with Crippen molar-refractivity contribution < 1.29 is 8.42 Å². The molecule has 1 heterocycles. The van der Waals surface area contributed by atoms with Crippen LogP contribution in [0.5, 0.6) is 0 Å². The monoisotopic (exact) mass is 308 g/mol. The van der Waals surface area contributed by atoms with Gasteiger partial charge in [-0.05, 0) is 30.7 Å². The summed E-state index contributed by atoms with van der Waals surface area (Å²) in [7, 11) is -3.39. The quantitative estimate of drug-likeness (QED) is 0.778. The summed E-state index contributed by atoms with van der Waals surface area (Å²) < 4.78 is 28.4. The van der Waals surface area contributed by atoms with E-state index >= 15 is 0 Å². The first kappa shape index (κ1) is 15.5. The maximum atomic E-state index is 11.9. The Morgan fingerprint density at radius 1 is 1.19 bits per heavy atom. The van der Waals surface area contributed by atoms with Gasteiger partial charge in [0.15, 0.2) is 0 Å². The normalized spacial score (nSPS) is 11.5. The van der Waals surface area contributed by atoms with E-state index in [4.69, 9.17) is 0 Å². The molecule has 0 saturated carbocycles. The minimum Gasteiger partial charge on any atom is -0.383 e. The van der Waals surface area contributed by atoms with Crippen molar-refractivity contribution in [1.82, 2.24) is 14.3 Å². The van der Waals surface area contributed by atoms with Gasteiger partial charge >= 0.3 is 0 Å². The maximum absolute atomic E-state index is 11.9. The molecule has 0 atom stereocenters. The van der Waals surface area contributed by atoms with E-state index in [1.54, 1.807) is 36.8 Å². The molecule has 0 unspecified atom stereocenters. The minimum absolute atomic E-state index is 0.288. The molecule has 21 heavy (non-hydrogen) atoms. The van der Waals surface area contributed by atoms with Crippen LogP contribution in [0.2, 0.25) is 0 Å². The number of nitrogens with zero attached hydrogens (tertiary/aromatic N) is 2. The Kier molecular flexibility index (Phi) is 5.35. The summed E-state index contributed by atoms with van der Waals surface area (Å²) in [6.45, 7) is 3.93. The van der Waals surface area contributed by atoms with Gasteiger partial charge in [0.05, 0.1) is 11.2 Å². The van der Waals surface area contributed by atoms with E-state index < -0.39 is 10.0 Å². The van der Waals surface area contributed by atoms with Crippen LogP contribution in [-0.2, 0) is 16.6 Å². The molecular weight excluding hydrogens is 288 g/mol. The average molecular weight is 308 g/mol. The first-order chi connectivity index (χ1) is 10.1. The highest BCUT2D eigenvalue weighted by molar-refractivity contribution is 7.89. The van der Waals surface area contributed by atoms with Crippen LogP contribution in [0.25, 0.3) is 0 Å². The fraction of sp³-hybridized carbons (Fsp3) is 0.357. The van der Waals surface area contributed by atoms with Crippen molar-refractivity contribution in [3.8, 4) is 0 Å². The number of anilines is 1. The smallest absolute Gasteiger partial charge is 0.240 e. The first-order valence-electron chi connectivity index (χ1n) is 6.91. The molecule has 0 spiro atoms. The Bertz CT molecular complexity index is 636. The van der Waals surface area contributed by atoms with Crippen LogP contribution in [0.15, 0.2) is 47.9 Å². The third-order valence-electron chi connectivity index (χ3n) is 2.97. The van der Waals surface area contributed by atoms with E-state index in [0.717, 1.165) is 25.2 Å². The van der Waals surface area contributed by atoms with Crippen molar-refractivity contribution in [3.05, 3.63) is 43.0 Å². The molecule has 0 radical (unpaired) electrons. The van der Waals surface area contributed by atoms with E-state index in [9.17, 15) is 8.42 Å². The molecule has 7 heteroatoms. The van der Waals surface area contributed by atoms with Crippen molar-refractivity contribution in [2.75, 3.05) is 18.4 Å². The number of sulfonamides is 1.